The Balaban J connectivity index is 5.29. The van der Waals surface area contributed by atoms with Crippen molar-refractivity contribution in [2.75, 3.05) is 40.9 Å². The quantitative estimate of drug-likeness (QED) is 0.0156. The maximum atomic E-state index is 13.5. The summed E-state index contributed by atoms with van der Waals surface area (Å²) in [5.41, 5.74) is 0. The second-order valence-corrected chi connectivity index (χ2v) is 22.7. The molecule has 0 aliphatic heterocycles. The molecule has 69 heavy (non-hydrogen) atoms. The Morgan fingerprint density at radius 3 is 1.30 bits per heavy atom. The molecule has 0 aliphatic rings. The Hall–Kier alpha value is -1.77. The normalized spacial score (nSPS) is 14.0. The third-order valence-corrected chi connectivity index (χ3v) is 14.1. The number of nitrogens with one attached hydrogen (secondary N) is 1. The molecule has 0 radical (unpaired) electrons. The van der Waals surface area contributed by atoms with Gasteiger partial charge in [0.05, 0.1) is 33.8 Å². The third kappa shape index (κ3) is 51.0. The first kappa shape index (κ1) is 67.2. The van der Waals surface area contributed by atoms with E-state index in [0.717, 1.165) is 77.0 Å². The molecule has 0 heterocycles. The maximum absolute atomic E-state index is 13.5. The SMILES string of the molecule is CCCCC/C=C/C=C/CCCCCCCCC(=O)NC(COP(=O)(O)OCC[N+](C)(C)C)C(/C=C/CCCCCCCCCCC)OC(=O)CCCCCCCCCCCCCCCCCCC. The van der Waals surface area contributed by atoms with Crippen molar-refractivity contribution < 1.29 is 37.3 Å². The van der Waals surface area contributed by atoms with Gasteiger partial charge in [-0.3, -0.25) is 18.6 Å². The summed E-state index contributed by atoms with van der Waals surface area (Å²) >= 11 is 0. The first-order chi connectivity index (χ1) is 33.4. The number of esters is 1. The fourth-order valence-electron chi connectivity index (χ4n) is 8.52. The van der Waals surface area contributed by atoms with Crippen molar-refractivity contribution in [2.45, 2.75) is 290 Å². The molecule has 406 valence electrons. The van der Waals surface area contributed by atoms with Crippen LogP contribution in [-0.4, -0.2) is 74.3 Å². The summed E-state index contributed by atoms with van der Waals surface area (Å²) in [7, 11) is 1.50. The predicted molar refractivity (Wildman–Crippen MR) is 296 cm³/mol. The van der Waals surface area contributed by atoms with Gasteiger partial charge in [-0.25, -0.2) is 4.57 Å². The molecule has 1 amide bonds. The first-order valence-corrected chi connectivity index (χ1v) is 30.8. The van der Waals surface area contributed by atoms with E-state index in [2.05, 4.69) is 50.4 Å². The van der Waals surface area contributed by atoms with E-state index < -0.39 is 20.0 Å². The van der Waals surface area contributed by atoms with Gasteiger partial charge in [0.25, 0.3) is 0 Å². The number of hydrogen-bond acceptors (Lipinski definition) is 6. The minimum absolute atomic E-state index is 0.0396. The third-order valence-electron chi connectivity index (χ3n) is 13.1. The number of amides is 1. The average Bonchev–Trinajstić information content (AvgIpc) is 3.31. The summed E-state index contributed by atoms with van der Waals surface area (Å²) < 4.78 is 30.6. The lowest BCUT2D eigenvalue weighted by atomic mass is 10.0. The van der Waals surface area contributed by atoms with Crippen molar-refractivity contribution in [2.24, 2.45) is 0 Å². The van der Waals surface area contributed by atoms with E-state index in [0.29, 0.717) is 23.9 Å². The van der Waals surface area contributed by atoms with Crippen LogP contribution in [0, 0.1) is 0 Å². The Morgan fingerprint density at radius 1 is 0.507 bits per heavy atom. The summed E-state index contributed by atoms with van der Waals surface area (Å²) in [6.45, 7) is 6.99. The zero-order valence-electron chi connectivity index (χ0n) is 46.3. The highest BCUT2D eigenvalue weighted by molar-refractivity contribution is 7.47. The molecule has 0 aliphatic carbocycles. The second-order valence-electron chi connectivity index (χ2n) is 21.2. The molecule has 0 saturated heterocycles. The van der Waals surface area contributed by atoms with Crippen LogP contribution in [0.5, 0.6) is 0 Å². The van der Waals surface area contributed by atoms with Gasteiger partial charge >= 0.3 is 13.8 Å². The zero-order chi connectivity index (χ0) is 50.8. The standard InChI is InChI=1S/C59H113N2O7P/c1-7-10-13-16-19-22-25-27-29-30-32-34-37-40-43-46-49-52-59(63)68-57(50-47-44-41-38-35-24-21-18-15-12-9-3)56(55-67-69(64,65)66-54-53-61(4,5)6)60-58(62)51-48-45-42-39-36-33-31-28-26-23-20-17-14-11-8-2/h20,23,26,28,47,50,56-57H,7-19,21-22,24-25,27,29-46,48-49,51-55H2,1-6H3,(H-,60,62,64,65)/p+1/b23-20+,28-26+,50-47+. The lowest BCUT2D eigenvalue weighted by molar-refractivity contribution is -0.870. The smallest absolute Gasteiger partial charge is 0.456 e. The maximum Gasteiger partial charge on any atom is 0.472 e. The molecule has 10 heteroatoms. The number of phosphoric acid groups is 1. The van der Waals surface area contributed by atoms with Gasteiger partial charge in [-0.1, -0.05) is 244 Å². The van der Waals surface area contributed by atoms with Gasteiger partial charge in [0, 0.05) is 12.8 Å². The molecule has 3 atom stereocenters. The Morgan fingerprint density at radius 2 is 0.870 bits per heavy atom. The van der Waals surface area contributed by atoms with Crippen LogP contribution in [0.15, 0.2) is 36.5 Å². The largest absolute Gasteiger partial charge is 0.472 e. The van der Waals surface area contributed by atoms with Crippen molar-refractivity contribution in [3.05, 3.63) is 36.5 Å². The lowest BCUT2D eigenvalue weighted by Gasteiger charge is -2.27. The minimum Gasteiger partial charge on any atom is -0.456 e. The van der Waals surface area contributed by atoms with Crippen LogP contribution in [0.4, 0.5) is 0 Å². The molecule has 2 N–H and O–H groups in total. The molecule has 0 rings (SSSR count). The number of quaternary nitrogens is 1. The average molecular weight is 995 g/mol. The number of phosphoric ester groups is 1. The fourth-order valence-corrected chi connectivity index (χ4v) is 9.26. The molecule has 0 aromatic rings. The molecule has 0 fully saturated rings. The number of hydrogen-bond donors (Lipinski definition) is 2. The van der Waals surface area contributed by atoms with E-state index >= 15 is 0 Å². The van der Waals surface area contributed by atoms with Gasteiger partial charge in [-0.05, 0) is 57.4 Å². The van der Waals surface area contributed by atoms with Crippen molar-refractivity contribution in [3.63, 3.8) is 0 Å². The predicted octanol–water partition coefficient (Wildman–Crippen LogP) is 17.6. The van der Waals surface area contributed by atoms with Gasteiger partial charge < -0.3 is 19.4 Å². The number of nitrogens with zero attached hydrogens (tertiary/aromatic N) is 1. The van der Waals surface area contributed by atoms with Gasteiger partial charge in [0.15, 0.2) is 0 Å². The summed E-state index contributed by atoms with van der Waals surface area (Å²) in [6.07, 6.45) is 58.5. The number of allylic oxidation sites excluding steroid dienone is 5. The van der Waals surface area contributed by atoms with E-state index in [1.54, 1.807) is 0 Å². The molecule has 3 unspecified atom stereocenters. The summed E-state index contributed by atoms with van der Waals surface area (Å²) in [5, 5.41) is 3.04. The topological polar surface area (TPSA) is 111 Å². The molecule has 0 bridgehead atoms. The lowest BCUT2D eigenvalue weighted by Crippen LogP contribution is -2.47. The number of ether oxygens (including phenoxy) is 1. The second kappa shape index (κ2) is 49.8. The number of rotatable bonds is 53. The van der Waals surface area contributed by atoms with Crippen molar-refractivity contribution in [3.8, 4) is 0 Å². The minimum atomic E-state index is -4.44. The number of likely N-dealkylation sites (N-methyl/N-ethyl adjacent to an activating group) is 1. The van der Waals surface area contributed by atoms with Crippen molar-refractivity contribution in [1.29, 1.82) is 0 Å². The molecule has 9 nitrogen and oxygen atoms in total. The monoisotopic (exact) mass is 994 g/mol. The van der Waals surface area contributed by atoms with Crippen molar-refractivity contribution >= 4 is 19.7 Å². The highest BCUT2D eigenvalue weighted by Crippen LogP contribution is 2.43. The summed E-state index contributed by atoms with van der Waals surface area (Å²) in [6, 6.07) is -0.849. The molecular weight excluding hydrogens is 880 g/mol. The van der Waals surface area contributed by atoms with Gasteiger partial charge in [-0.15, -0.1) is 0 Å². The molecular formula is C59H114N2O7P+. The Kier molecular flexibility index (Phi) is 48.5. The van der Waals surface area contributed by atoms with Gasteiger partial charge in [0.2, 0.25) is 5.91 Å². The number of unbranched alkanes of at least 4 members (excludes halogenated alkanes) is 34. The number of carbonyl (C=O) groups excluding carboxylic acids is 2. The van der Waals surface area contributed by atoms with Gasteiger partial charge in [0.1, 0.15) is 19.3 Å². The van der Waals surface area contributed by atoms with Crippen LogP contribution < -0.4 is 5.32 Å². The highest BCUT2D eigenvalue weighted by atomic mass is 31.2. The van der Waals surface area contributed by atoms with Crippen LogP contribution in [-0.2, 0) is 27.9 Å². The van der Waals surface area contributed by atoms with E-state index in [-0.39, 0.29) is 25.1 Å². The van der Waals surface area contributed by atoms with Crippen LogP contribution >= 0.6 is 7.82 Å². The zero-order valence-corrected chi connectivity index (χ0v) is 47.2. The van der Waals surface area contributed by atoms with E-state index in [9.17, 15) is 19.0 Å². The van der Waals surface area contributed by atoms with E-state index in [4.69, 9.17) is 13.8 Å². The molecule has 0 aromatic carbocycles. The molecule has 0 spiro atoms. The van der Waals surface area contributed by atoms with Gasteiger partial charge in [-0.2, -0.15) is 0 Å². The van der Waals surface area contributed by atoms with Crippen LogP contribution in [0.2, 0.25) is 0 Å². The van der Waals surface area contributed by atoms with Crippen molar-refractivity contribution in [1.82, 2.24) is 5.32 Å². The summed E-state index contributed by atoms with van der Waals surface area (Å²) in [4.78, 5) is 37.6. The fraction of sp³-hybridized carbons (Fsp3) is 0.864. The highest BCUT2D eigenvalue weighted by Gasteiger charge is 2.30. The van der Waals surface area contributed by atoms with Crippen LogP contribution in [0.25, 0.3) is 0 Å². The van der Waals surface area contributed by atoms with Crippen LogP contribution in [0.3, 0.4) is 0 Å². The first-order valence-electron chi connectivity index (χ1n) is 29.3. The molecule has 0 aromatic heterocycles. The van der Waals surface area contributed by atoms with E-state index in [1.165, 1.54) is 167 Å². The Bertz CT molecular complexity index is 1280. The van der Waals surface area contributed by atoms with E-state index in [1.807, 2.05) is 33.3 Å². The molecule has 0 saturated carbocycles. The Labute approximate surface area is 427 Å². The number of carbonyl (C=O) groups is 2. The summed E-state index contributed by atoms with van der Waals surface area (Å²) in [5.74, 6) is -0.509. The van der Waals surface area contributed by atoms with Crippen LogP contribution in [0.1, 0.15) is 278 Å².